The Morgan fingerprint density at radius 2 is 1.85 bits per heavy atom. The minimum Gasteiger partial charge on any atom is -0.369 e. The third-order valence-electron chi connectivity index (χ3n) is 3.79. The van der Waals surface area contributed by atoms with E-state index in [0.717, 1.165) is 39.0 Å². The molecule has 1 aromatic carbocycles. The SMILES string of the molecule is O=Cc1cc(CN2CCN(c3ccccc3)CC2)c[nH]1. The topological polar surface area (TPSA) is 39.3 Å². The average Bonchev–Trinajstić information content (AvgIpc) is 2.97. The van der Waals surface area contributed by atoms with Gasteiger partial charge in [-0.3, -0.25) is 9.69 Å². The molecule has 2 aromatic rings. The first-order chi connectivity index (χ1) is 9.85. The number of aromatic nitrogens is 1. The van der Waals surface area contributed by atoms with Crippen molar-refractivity contribution in [2.75, 3.05) is 31.1 Å². The molecule has 0 saturated carbocycles. The molecule has 0 aliphatic carbocycles. The van der Waals surface area contributed by atoms with Gasteiger partial charge in [0, 0.05) is 44.6 Å². The van der Waals surface area contributed by atoms with E-state index in [-0.39, 0.29) is 0 Å². The molecular weight excluding hydrogens is 250 g/mol. The number of hydrogen-bond acceptors (Lipinski definition) is 3. The van der Waals surface area contributed by atoms with Gasteiger partial charge in [-0.25, -0.2) is 0 Å². The number of carbonyl (C=O) groups is 1. The number of aldehydes is 1. The fourth-order valence-corrected chi connectivity index (χ4v) is 2.68. The van der Waals surface area contributed by atoms with E-state index < -0.39 is 0 Å². The predicted molar refractivity (Wildman–Crippen MR) is 80.1 cm³/mol. The summed E-state index contributed by atoms with van der Waals surface area (Å²) in [6.45, 7) is 5.11. The number of aromatic amines is 1. The van der Waals surface area contributed by atoms with Gasteiger partial charge in [-0.05, 0) is 23.8 Å². The van der Waals surface area contributed by atoms with Gasteiger partial charge in [-0.1, -0.05) is 18.2 Å². The Kier molecular flexibility index (Phi) is 3.83. The van der Waals surface area contributed by atoms with Crippen molar-refractivity contribution in [3.63, 3.8) is 0 Å². The number of piperazine rings is 1. The molecule has 0 bridgehead atoms. The number of carbonyl (C=O) groups excluding carboxylic acids is 1. The number of benzene rings is 1. The second kappa shape index (κ2) is 5.92. The van der Waals surface area contributed by atoms with Crippen LogP contribution in [0, 0.1) is 0 Å². The van der Waals surface area contributed by atoms with Gasteiger partial charge < -0.3 is 9.88 Å². The van der Waals surface area contributed by atoms with Gasteiger partial charge >= 0.3 is 0 Å². The van der Waals surface area contributed by atoms with Crippen LogP contribution in [0.2, 0.25) is 0 Å². The molecule has 1 saturated heterocycles. The second-order valence-electron chi connectivity index (χ2n) is 5.18. The van der Waals surface area contributed by atoms with Crippen LogP contribution in [-0.4, -0.2) is 42.3 Å². The van der Waals surface area contributed by atoms with Crippen molar-refractivity contribution in [1.29, 1.82) is 0 Å². The monoisotopic (exact) mass is 269 g/mol. The summed E-state index contributed by atoms with van der Waals surface area (Å²) < 4.78 is 0. The number of nitrogens with zero attached hydrogens (tertiary/aromatic N) is 2. The molecule has 3 rings (SSSR count). The van der Waals surface area contributed by atoms with E-state index in [2.05, 4.69) is 45.1 Å². The minimum absolute atomic E-state index is 0.655. The highest BCUT2D eigenvalue weighted by Crippen LogP contribution is 2.16. The molecule has 4 heteroatoms. The third-order valence-corrected chi connectivity index (χ3v) is 3.79. The Morgan fingerprint density at radius 3 is 2.50 bits per heavy atom. The summed E-state index contributed by atoms with van der Waals surface area (Å²) in [5.41, 5.74) is 3.14. The van der Waals surface area contributed by atoms with Gasteiger partial charge in [-0.15, -0.1) is 0 Å². The number of rotatable bonds is 4. The zero-order chi connectivity index (χ0) is 13.8. The summed E-state index contributed by atoms with van der Waals surface area (Å²) >= 11 is 0. The first kappa shape index (κ1) is 12.9. The normalized spacial score (nSPS) is 16.3. The lowest BCUT2D eigenvalue weighted by Gasteiger charge is -2.36. The van der Waals surface area contributed by atoms with Crippen molar-refractivity contribution < 1.29 is 4.79 Å². The van der Waals surface area contributed by atoms with Crippen LogP contribution in [-0.2, 0) is 6.54 Å². The molecule has 4 nitrogen and oxygen atoms in total. The fraction of sp³-hybridized carbons (Fsp3) is 0.312. The Balaban J connectivity index is 1.55. The molecule has 1 N–H and O–H groups in total. The summed E-state index contributed by atoms with van der Waals surface area (Å²) in [6, 6.07) is 12.5. The van der Waals surface area contributed by atoms with E-state index in [1.54, 1.807) is 0 Å². The van der Waals surface area contributed by atoms with Crippen molar-refractivity contribution in [3.05, 3.63) is 53.9 Å². The van der Waals surface area contributed by atoms with Gasteiger partial charge in [0.05, 0.1) is 5.69 Å². The highest BCUT2D eigenvalue weighted by Gasteiger charge is 2.17. The summed E-state index contributed by atoms with van der Waals surface area (Å²) in [4.78, 5) is 18.5. The molecule has 1 fully saturated rings. The van der Waals surface area contributed by atoms with E-state index >= 15 is 0 Å². The average molecular weight is 269 g/mol. The van der Waals surface area contributed by atoms with Crippen molar-refractivity contribution >= 4 is 12.0 Å². The quantitative estimate of drug-likeness (QED) is 0.864. The van der Waals surface area contributed by atoms with Crippen LogP contribution in [0.4, 0.5) is 5.69 Å². The lowest BCUT2D eigenvalue weighted by Crippen LogP contribution is -2.45. The van der Waals surface area contributed by atoms with Crippen LogP contribution in [0.5, 0.6) is 0 Å². The fourth-order valence-electron chi connectivity index (χ4n) is 2.68. The van der Waals surface area contributed by atoms with Gasteiger partial charge in [0.2, 0.25) is 0 Å². The summed E-state index contributed by atoms with van der Waals surface area (Å²) in [7, 11) is 0. The van der Waals surface area contributed by atoms with Crippen LogP contribution in [0.1, 0.15) is 16.1 Å². The van der Waals surface area contributed by atoms with Gasteiger partial charge in [0.15, 0.2) is 6.29 Å². The summed E-state index contributed by atoms with van der Waals surface area (Å²) in [5.74, 6) is 0. The zero-order valence-electron chi connectivity index (χ0n) is 11.5. The largest absolute Gasteiger partial charge is 0.369 e. The minimum atomic E-state index is 0.655. The molecule has 0 unspecified atom stereocenters. The second-order valence-corrected chi connectivity index (χ2v) is 5.18. The van der Waals surface area contributed by atoms with Crippen molar-refractivity contribution in [3.8, 4) is 0 Å². The molecule has 2 heterocycles. The number of H-pyrrole nitrogens is 1. The highest BCUT2D eigenvalue weighted by molar-refractivity contribution is 5.72. The van der Waals surface area contributed by atoms with Crippen LogP contribution in [0.15, 0.2) is 42.6 Å². The summed E-state index contributed by atoms with van der Waals surface area (Å²) in [6.07, 6.45) is 2.78. The molecule has 1 aliphatic heterocycles. The van der Waals surface area contributed by atoms with Crippen LogP contribution in [0.25, 0.3) is 0 Å². The van der Waals surface area contributed by atoms with E-state index in [0.29, 0.717) is 5.69 Å². The molecule has 1 aliphatic rings. The van der Waals surface area contributed by atoms with E-state index in [4.69, 9.17) is 0 Å². The predicted octanol–water partition coefficient (Wildman–Crippen LogP) is 2.15. The Morgan fingerprint density at radius 1 is 1.10 bits per heavy atom. The highest BCUT2D eigenvalue weighted by atomic mass is 16.1. The van der Waals surface area contributed by atoms with Crippen molar-refractivity contribution in [1.82, 2.24) is 9.88 Å². The van der Waals surface area contributed by atoms with E-state index in [1.165, 1.54) is 11.3 Å². The van der Waals surface area contributed by atoms with Crippen molar-refractivity contribution in [2.45, 2.75) is 6.54 Å². The van der Waals surface area contributed by atoms with Gasteiger partial charge in [-0.2, -0.15) is 0 Å². The molecule has 104 valence electrons. The molecule has 0 spiro atoms. The molecule has 0 radical (unpaired) electrons. The van der Waals surface area contributed by atoms with E-state index in [1.807, 2.05) is 12.3 Å². The molecule has 0 atom stereocenters. The van der Waals surface area contributed by atoms with Crippen LogP contribution >= 0.6 is 0 Å². The number of nitrogens with one attached hydrogen (secondary N) is 1. The molecule has 1 aromatic heterocycles. The summed E-state index contributed by atoms with van der Waals surface area (Å²) in [5, 5.41) is 0. The Labute approximate surface area is 119 Å². The van der Waals surface area contributed by atoms with E-state index in [9.17, 15) is 4.79 Å². The maximum atomic E-state index is 10.7. The molecule has 20 heavy (non-hydrogen) atoms. The Hall–Kier alpha value is -2.07. The van der Waals surface area contributed by atoms with Crippen LogP contribution in [0.3, 0.4) is 0 Å². The first-order valence-corrected chi connectivity index (χ1v) is 7.00. The zero-order valence-corrected chi connectivity index (χ0v) is 11.5. The molecule has 0 amide bonds. The lowest BCUT2D eigenvalue weighted by molar-refractivity contribution is 0.111. The number of hydrogen-bond donors (Lipinski definition) is 1. The third kappa shape index (κ3) is 2.91. The van der Waals surface area contributed by atoms with Gasteiger partial charge in [0.1, 0.15) is 0 Å². The maximum Gasteiger partial charge on any atom is 0.166 e. The maximum absolute atomic E-state index is 10.7. The number of para-hydroxylation sites is 1. The van der Waals surface area contributed by atoms with Gasteiger partial charge in [0.25, 0.3) is 0 Å². The lowest BCUT2D eigenvalue weighted by atomic mass is 10.2. The first-order valence-electron chi connectivity index (χ1n) is 7.00. The Bertz CT molecular complexity index is 556. The van der Waals surface area contributed by atoms with Crippen molar-refractivity contribution in [2.24, 2.45) is 0 Å². The number of anilines is 1. The smallest absolute Gasteiger partial charge is 0.166 e. The molecular formula is C16H19N3O. The van der Waals surface area contributed by atoms with Crippen LogP contribution < -0.4 is 4.90 Å². The standard InChI is InChI=1S/C16H19N3O/c20-13-15-10-14(11-17-15)12-18-6-8-19(9-7-18)16-4-2-1-3-5-16/h1-5,10-11,13,17H,6-9,12H2.